The number of aromatic nitrogens is 1. The second-order valence-corrected chi connectivity index (χ2v) is 12.3. The minimum Gasteiger partial charge on any atom is -0.449 e. The molecule has 2 unspecified atom stereocenters. The number of hydrogen-bond acceptors (Lipinski definition) is 5. The number of nitrogens with zero attached hydrogens (tertiary/aromatic N) is 4. The molecular formula is C33H33Cl2N4O4+. The Labute approximate surface area is 260 Å². The maximum atomic E-state index is 14.7. The summed E-state index contributed by atoms with van der Waals surface area (Å²) in [5.74, 6) is 0.257. The van der Waals surface area contributed by atoms with Crippen molar-refractivity contribution in [3.63, 3.8) is 0 Å². The molecular weight excluding hydrogens is 587 g/mol. The molecule has 1 aromatic heterocycles. The summed E-state index contributed by atoms with van der Waals surface area (Å²) in [4.78, 5) is 34.3. The van der Waals surface area contributed by atoms with Crippen molar-refractivity contribution in [2.45, 2.75) is 37.8 Å². The van der Waals surface area contributed by atoms with Crippen molar-refractivity contribution in [1.82, 2.24) is 4.98 Å². The molecule has 1 aliphatic heterocycles. The molecule has 0 radical (unpaired) electrons. The standard InChI is InChI=1S/C33H32Cl2N4O4/c1-37(30-9-6-24(34)18-29(30)35)32(40)39(2,31-10-5-21-4-8-27(19-28(21)31)43-33(41)42)26-12-15-38(16-13-26)25-7-3-23-20-36-14-11-22(23)17-25/h3-4,6-9,11,14,17-20,26,31H,5,10,12-13,15-16H2,1-2H3/p+1. The van der Waals surface area contributed by atoms with Gasteiger partial charge in [0.05, 0.1) is 17.8 Å². The molecule has 10 heteroatoms. The number of carboxylic acid groups (broad SMARTS) is 1. The zero-order valence-corrected chi connectivity index (χ0v) is 25.6. The fourth-order valence-corrected chi connectivity index (χ4v) is 7.47. The number of aryl methyl sites for hydroxylation is 1. The van der Waals surface area contributed by atoms with E-state index in [1.807, 2.05) is 31.6 Å². The van der Waals surface area contributed by atoms with Gasteiger partial charge in [0.1, 0.15) is 17.8 Å². The van der Waals surface area contributed by atoms with Crippen molar-refractivity contribution in [1.29, 1.82) is 0 Å². The maximum Gasteiger partial charge on any atom is 0.511 e. The first-order chi connectivity index (χ1) is 20.6. The summed E-state index contributed by atoms with van der Waals surface area (Å²) in [6.45, 7) is 1.60. The number of amides is 2. The van der Waals surface area contributed by atoms with Crippen molar-refractivity contribution < 1.29 is 23.9 Å². The Balaban J connectivity index is 1.34. The highest BCUT2D eigenvalue weighted by atomic mass is 35.5. The van der Waals surface area contributed by atoms with Gasteiger partial charge in [-0.15, -0.1) is 0 Å². The number of anilines is 2. The van der Waals surface area contributed by atoms with Crippen LogP contribution in [-0.4, -0.2) is 60.0 Å². The molecule has 2 atom stereocenters. The molecule has 6 rings (SSSR count). The molecule has 2 aliphatic rings. The Bertz CT molecular complexity index is 1710. The van der Waals surface area contributed by atoms with Crippen LogP contribution in [0.25, 0.3) is 10.8 Å². The van der Waals surface area contributed by atoms with Gasteiger partial charge in [0.2, 0.25) is 0 Å². The first kappa shape index (κ1) is 29.2. The molecule has 0 bridgehead atoms. The van der Waals surface area contributed by atoms with E-state index in [-0.39, 0.29) is 28.3 Å². The van der Waals surface area contributed by atoms with Crippen LogP contribution in [0.15, 0.2) is 73.1 Å². The summed E-state index contributed by atoms with van der Waals surface area (Å²) in [7, 11) is 3.78. The summed E-state index contributed by atoms with van der Waals surface area (Å²) in [5, 5.41) is 12.4. The third kappa shape index (κ3) is 5.51. The molecule has 2 heterocycles. The van der Waals surface area contributed by atoms with Crippen LogP contribution in [-0.2, 0) is 6.42 Å². The number of pyridine rings is 1. The SMILES string of the molecule is CN(C(=O)[N+](C)(C1CCN(c2ccc3cnccc3c2)CC1)C1CCc2ccc(OC(=O)O)cc21)c1ccc(Cl)cc1Cl. The first-order valence-corrected chi connectivity index (χ1v) is 15.1. The molecule has 8 nitrogen and oxygen atoms in total. The monoisotopic (exact) mass is 619 g/mol. The number of hydrogen-bond donors (Lipinski definition) is 1. The van der Waals surface area contributed by atoms with E-state index in [1.165, 1.54) is 0 Å². The number of rotatable bonds is 5. The van der Waals surface area contributed by atoms with Crippen molar-refractivity contribution in [2.24, 2.45) is 0 Å². The van der Waals surface area contributed by atoms with Crippen molar-refractivity contribution in [3.05, 3.63) is 94.2 Å². The molecule has 0 saturated carbocycles. The lowest BCUT2D eigenvalue weighted by Gasteiger charge is -2.48. The lowest BCUT2D eigenvalue weighted by atomic mass is 9.95. The normalized spacial score (nSPS) is 18.2. The summed E-state index contributed by atoms with van der Waals surface area (Å²) >= 11 is 12.7. The minimum absolute atomic E-state index is 0.0157. The molecule has 1 aliphatic carbocycles. The zero-order chi connectivity index (χ0) is 30.3. The molecule has 0 spiro atoms. The highest BCUT2D eigenvalue weighted by Crippen LogP contribution is 2.46. The molecule has 3 aromatic carbocycles. The van der Waals surface area contributed by atoms with Crippen LogP contribution in [0.2, 0.25) is 10.0 Å². The average Bonchev–Trinajstić information content (AvgIpc) is 3.43. The topological polar surface area (TPSA) is 83.0 Å². The number of ether oxygens (including phenoxy) is 1. The number of fused-ring (bicyclic) bond motifs is 2. The van der Waals surface area contributed by atoms with E-state index in [1.54, 1.807) is 42.3 Å². The lowest BCUT2D eigenvalue weighted by molar-refractivity contribution is -0.887. The predicted molar refractivity (Wildman–Crippen MR) is 170 cm³/mol. The Morgan fingerprint density at radius 2 is 1.79 bits per heavy atom. The number of quaternary nitrogens is 1. The van der Waals surface area contributed by atoms with Gasteiger partial charge in [0.15, 0.2) is 0 Å². The number of carbonyl (C=O) groups excluding carboxylic acids is 1. The third-order valence-corrected chi connectivity index (χ3v) is 9.74. The number of halogens is 2. The van der Waals surface area contributed by atoms with E-state index < -0.39 is 6.16 Å². The van der Waals surface area contributed by atoms with E-state index in [9.17, 15) is 14.7 Å². The van der Waals surface area contributed by atoms with E-state index in [2.05, 4.69) is 28.1 Å². The Morgan fingerprint density at radius 3 is 2.53 bits per heavy atom. The van der Waals surface area contributed by atoms with E-state index in [0.717, 1.165) is 66.4 Å². The molecule has 1 fully saturated rings. The highest BCUT2D eigenvalue weighted by Gasteiger charge is 2.52. The van der Waals surface area contributed by atoms with Crippen LogP contribution in [0.1, 0.15) is 36.4 Å². The first-order valence-electron chi connectivity index (χ1n) is 14.4. The summed E-state index contributed by atoms with van der Waals surface area (Å²) < 4.78 is 5.15. The minimum atomic E-state index is -1.36. The average molecular weight is 621 g/mol. The van der Waals surface area contributed by atoms with Crippen molar-refractivity contribution >= 4 is 57.5 Å². The van der Waals surface area contributed by atoms with Gasteiger partial charge in [-0.05, 0) is 65.9 Å². The smallest absolute Gasteiger partial charge is 0.449 e. The van der Waals surface area contributed by atoms with Gasteiger partial charge in [-0.1, -0.05) is 35.3 Å². The number of benzene rings is 3. The second-order valence-electron chi connectivity index (χ2n) is 11.5. The van der Waals surface area contributed by atoms with Crippen LogP contribution in [0.5, 0.6) is 5.75 Å². The predicted octanol–water partition coefficient (Wildman–Crippen LogP) is 7.96. The van der Waals surface area contributed by atoms with Gasteiger partial charge in [-0.3, -0.25) is 9.88 Å². The Morgan fingerprint density at radius 1 is 1.00 bits per heavy atom. The van der Waals surface area contributed by atoms with E-state index in [4.69, 9.17) is 27.9 Å². The number of carbonyl (C=O) groups is 2. The Hall–Kier alpha value is -3.85. The summed E-state index contributed by atoms with van der Waals surface area (Å²) in [5.41, 5.74) is 3.81. The Kier molecular flexibility index (Phi) is 7.94. The van der Waals surface area contributed by atoms with E-state index in [0.29, 0.717) is 15.7 Å². The summed E-state index contributed by atoms with van der Waals surface area (Å²) in [6, 6.07) is 18.7. The quantitative estimate of drug-likeness (QED) is 0.139. The van der Waals surface area contributed by atoms with Crippen LogP contribution < -0.4 is 14.5 Å². The van der Waals surface area contributed by atoms with Crippen molar-refractivity contribution in [2.75, 3.05) is 37.0 Å². The van der Waals surface area contributed by atoms with Gasteiger partial charge >= 0.3 is 12.2 Å². The number of piperidine rings is 1. The fourth-order valence-electron chi connectivity index (χ4n) is 6.93. The zero-order valence-electron chi connectivity index (χ0n) is 24.0. The third-order valence-electron chi connectivity index (χ3n) is 9.20. The van der Waals surface area contributed by atoms with Gasteiger partial charge < -0.3 is 14.7 Å². The summed E-state index contributed by atoms with van der Waals surface area (Å²) in [6.07, 6.45) is 5.47. The van der Waals surface area contributed by atoms with Gasteiger partial charge in [0.25, 0.3) is 0 Å². The van der Waals surface area contributed by atoms with Gasteiger partial charge in [0, 0.05) is 73.5 Å². The van der Waals surface area contributed by atoms with Crippen LogP contribution in [0.3, 0.4) is 0 Å². The van der Waals surface area contributed by atoms with Crippen LogP contribution in [0.4, 0.5) is 21.0 Å². The van der Waals surface area contributed by atoms with Crippen molar-refractivity contribution in [3.8, 4) is 5.75 Å². The molecule has 4 aromatic rings. The highest BCUT2D eigenvalue weighted by molar-refractivity contribution is 6.36. The second kappa shape index (κ2) is 11.7. The maximum absolute atomic E-state index is 14.7. The molecule has 2 amide bonds. The largest absolute Gasteiger partial charge is 0.511 e. The van der Waals surface area contributed by atoms with Gasteiger partial charge in [-0.25, -0.2) is 14.1 Å². The van der Waals surface area contributed by atoms with E-state index >= 15 is 0 Å². The molecule has 222 valence electrons. The van der Waals surface area contributed by atoms with Gasteiger partial charge in [-0.2, -0.15) is 0 Å². The molecule has 1 saturated heterocycles. The fraction of sp³-hybridized carbons (Fsp3) is 0.303. The lowest BCUT2D eigenvalue weighted by Crippen LogP contribution is -2.64. The van der Waals surface area contributed by atoms with Crippen LogP contribution in [0, 0.1) is 0 Å². The number of urea groups is 1. The molecule has 1 N–H and O–H groups in total. The molecule has 43 heavy (non-hydrogen) atoms. The van der Waals surface area contributed by atoms with Crippen LogP contribution >= 0.6 is 23.2 Å².